The fourth-order valence-corrected chi connectivity index (χ4v) is 3.30. The molecule has 2 aromatic carbocycles. The Kier molecular flexibility index (Phi) is 4.69. The van der Waals surface area contributed by atoms with Gasteiger partial charge in [-0.15, -0.1) is 0 Å². The van der Waals surface area contributed by atoms with Crippen LogP contribution in [0.15, 0.2) is 59.5 Å². The van der Waals surface area contributed by atoms with Crippen LogP contribution in [0.1, 0.15) is 28.3 Å². The van der Waals surface area contributed by atoms with Gasteiger partial charge in [0.2, 0.25) is 15.9 Å². The summed E-state index contributed by atoms with van der Waals surface area (Å²) < 4.78 is 22.5. The van der Waals surface area contributed by atoms with Crippen LogP contribution in [0.2, 0.25) is 0 Å². The minimum absolute atomic E-state index is 0.0313. The first-order valence-electron chi connectivity index (χ1n) is 7.85. The van der Waals surface area contributed by atoms with Gasteiger partial charge in [0.15, 0.2) is 5.78 Å². The van der Waals surface area contributed by atoms with E-state index in [0.29, 0.717) is 12.0 Å². The second-order valence-corrected chi connectivity index (χ2v) is 7.63. The number of ketones is 1. The van der Waals surface area contributed by atoms with Crippen molar-refractivity contribution >= 4 is 21.7 Å². The van der Waals surface area contributed by atoms with Gasteiger partial charge in [0.25, 0.3) is 0 Å². The first kappa shape index (κ1) is 17.3. The number of amides is 1. The second-order valence-electron chi connectivity index (χ2n) is 6.07. The lowest BCUT2D eigenvalue weighted by molar-refractivity contribution is -0.122. The summed E-state index contributed by atoms with van der Waals surface area (Å²) >= 11 is 0. The number of nitrogens with two attached hydrogens (primary N) is 1. The van der Waals surface area contributed by atoms with Gasteiger partial charge in [0.1, 0.15) is 0 Å². The summed E-state index contributed by atoms with van der Waals surface area (Å²) in [5, 5.41) is 7.74. The van der Waals surface area contributed by atoms with Crippen molar-refractivity contribution in [2.45, 2.75) is 17.2 Å². The first-order chi connectivity index (χ1) is 11.9. The summed E-state index contributed by atoms with van der Waals surface area (Å²) in [4.78, 5) is 24.2. The number of Topliss-reactive ketones (excluding diaryl/α,β-unsaturated/α-hetero) is 1. The number of carbonyl (C=O) groups is 2. The molecule has 1 aliphatic rings. The summed E-state index contributed by atoms with van der Waals surface area (Å²) in [6.45, 7) is -0.0313. The number of hydrogen-bond donors (Lipinski definition) is 2. The van der Waals surface area contributed by atoms with Crippen molar-refractivity contribution in [2.75, 3.05) is 6.54 Å². The number of hydrogen-bond acceptors (Lipinski definition) is 4. The van der Waals surface area contributed by atoms with Gasteiger partial charge in [0, 0.05) is 11.5 Å². The molecule has 7 heteroatoms. The van der Waals surface area contributed by atoms with E-state index < -0.39 is 10.0 Å². The molecule has 0 saturated heterocycles. The van der Waals surface area contributed by atoms with Gasteiger partial charge < -0.3 is 5.32 Å². The van der Waals surface area contributed by atoms with Gasteiger partial charge in [-0.2, -0.15) is 0 Å². The molecule has 1 amide bonds. The van der Waals surface area contributed by atoms with E-state index >= 15 is 0 Å². The molecule has 0 radical (unpaired) electrons. The third-order valence-electron chi connectivity index (χ3n) is 4.28. The van der Waals surface area contributed by atoms with Crippen molar-refractivity contribution in [3.63, 3.8) is 0 Å². The summed E-state index contributed by atoms with van der Waals surface area (Å²) in [6.07, 6.45) is 0.681. The van der Waals surface area contributed by atoms with Crippen molar-refractivity contribution in [3.05, 3.63) is 65.7 Å². The summed E-state index contributed by atoms with van der Waals surface area (Å²) in [6, 6.07) is 15.0. The molecule has 2 aromatic rings. The lowest BCUT2D eigenvalue weighted by atomic mass is 10.1. The Labute approximate surface area is 146 Å². The van der Waals surface area contributed by atoms with Crippen molar-refractivity contribution in [1.29, 1.82) is 0 Å². The Bertz CT molecular complexity index is 892. The number of primary sulfonamides is 1. The molecule has 2 atom stereocenters. The molecule has 1 aliphatic carbocycles. The average molecular weight is 358 g/mol. The molecular weight excluding hydrogens is 340 g/mol. The highest BCUT2D eigenvalue weighted by Crippen LogP contribution is 2.47. The molecule has 3 N–H and O–H groups in total. The molecule has 1 saturated carbocycles. The number of rotatable bonds is 6. The highest BCUT2D eigenvalue weighted by molar-refractivity contribution is 7.89. The van der Waals surface area contributed by atoms with Crippen LogP contribution in [-0.4, -0.2) is 26.7 Å². The Hall–Kier alpha value is -2.51. The van der Waals surface area contributed by atoms with Crippen LogP contribution < -0.4 is 10.5 Å². The monoisotopic (exact) mass is 358 g/mol. The number of sulfonamides is 1. The van der Waals surface area contributed by atoms with Crippen LogP contribution >= 0.6 is 0 Å². The Balaban J connectivity index is 1.55. The number of benzene rings is 2. The maximum atomic E-state index is 12.2. The van der Waals surface area contributed by atoms with E-state index in [1.165, 1.54) is 12.1 Å². The van der Waals surface area contributed by atoms with Gasteiger partial charge >= 0.3 is 0 Å². The van der Waals surface area contributed by atoms with E-state index in [2.05, 4.69) is 5.32 Å². The van der Waals surface area contributed by atoms with Gasteiger partial charge in [-0.1, -0.05) is 42.5 Å². The smallest absolute Gasteiger partial charge is 0.238 e. The van der Waals surface area contributed by atoms with Crippen LogP contribution in [0, 0.1) is 5.92 Å². The van der Waals surface area contributed by atoms with Crippen LogP contribution in [0.3, 0.4) is 0 Å². The minimum atomic E-state index is -3.72. The van der Waals surface area contributed by atoms with Gasteiger partial charge in [0.05, 0.1) is 11.4 Å². The van der Waals surface area contributed by atoms with Crippen LogP contribution in [0.4, 0.5) is 0 Å². The van der Waals surface area contributed by atoms with Crippen LogP contribution in [0.5, 0.6) is 0 Å². The lowest BCUT2D eigenvalue weighted by Crippen LogP contribution is -2.31. The van der Waals surface area contributed by atoms with Crippen molar-refractivity contribution < 1.29 is 18.0 Å². The summed E-state index contributed by atoms with van der Waals surface area (Å²) in [7, 11) is -3.72. The van der Waals surface area contributed by atoms with Gasteiger partial charge in [-0.25, -0.2) is 13.6 Å². The zero-order valence-corrected chi connectivity index (χ0v) is 14.2. The van der Waals surface area contributed by atoms with Crippen LogP contribution in [0.25, 0.3) is 0 Å². The Morgan fingerprint density at radius 1 is 1.04 bits per heavy atom. The molecule has 6 nitrogen and oxygen atoms in total. The highest BCUT2D eigenvalue weighted by atomic mass is 32.2. The molecule has 25 heavy (non-hydrogen) atoms. The van der Waals surface area contributed by atoms with Crippen molar-refractivity contribution in [3.8, 4) is 0 Å². The third-order valence-corrected chi connectivity index (χ3v) is 5.21. The molecule has 0 unspecified atom stereocenters. The van der Waals surface area contributed by atoms with Crippen molar-refractivity contribution in [2.24, 2.45) is 11.1 Å². The predicted octanol–water partition coefficient (Wildman–Crippen LogP) is 1.44. The van der Waals surface area contributed by atoms with Crippen LogP contribution in [-0.2, 0) is 14.8 Å². The van der Waals surface area contributed by atoms with E-state index in [-0.39, 0.29) is 35.0 Å². The molecule has 0 heterocycles. The first-order valence-corrected chi connectivity index (χ1v) is 9.39. The Morgan fingerprint density at radius 3 is 2.28 bits per heavy atom. The van der Waals surface area contributed by atoms with Gasteiger partial charge in [-0.05, 0) is 30.0 Å². The quantitative estimate of drug-likeness (QED) is 0.762. The fourth-order valence-electron chi connectivity index (χ4n) is 2.78. The van der Waals surface area contributed by atoms with E-state index in [1.807, 2.05) is 6.07 Å². The second kappa shape index (κ2) is 6.78. The third kappa shape index (κ3) is 4.12. The zero-order valence-electron chi connectivity index (χ0n) is 13.4. The molecular formula is C18H18N2O4S. The molecule has 0 bridgehead atoms. The summed E-state index contributed by atoms with van der Waals surface area (Å²) in [5.41, 5.74) is 1.45. The average Bonchev–Trinajstić information content (AvgIpc) is 3.40. The number of carbonyl (C=O) groups excluding carboxylic acids is 2. The Morgan fingerprint density at radius 2 is 1.68 bits per heavy atom. The van der Waals surface area contributed by atoms with Crippen molar-refractivity contribution in [1.82, 2.24) is 5.32 Å². The minimum Gasteiger partial charge on any atom is -0.348 e. The number of nitrogens with one attached hydrogen (secondary N) is 1. The molecule has 1 fully saturated rings. The van der Waals surface area contributed by atoms with E-state index in [0.717, 1.165) is 5.56 Å². The molecule has 0 aromatic heterocycles. The topological polar surface area (TPSA) is 106 Å². The molecule has 0 aliphatic heterocycles. The van der Waals surface area contributed by atoms with Gasteiger partial charge in [-0.3, -0.25) is 9.59 Å². The highest BCUT2D eigenvalue weighted by Gasteiger charge is 2.43. The van der Waals surface area contributed by atoms with E-state index in [9.17, 15) is 18.0 Å². The summed E-state index contributed by atoms with van der Waals surface area (Å²) in [5.74, 6) is -0.446. The zero-order chi connectivity index (χ0) is 18.0. The van der Waals surface area contributed by atoms with E-state index in [4.69, 9.17) is 5.14 Å². The standard InChI is InChI=1S/C18H18N2O4S/c19-25(23,24)14-8-6-12(7-9-14)15-10-16(15)18(22)20-11-17(21)13-4-2-1-3-5-13/h1-9,15-16H,10-11H2,(H,20,22)(H2,19,23,24)/t15-,16+/m0/s1. The lowest BCUT2D eigenvalue weighted by Gasteiger charge is -2.05. The fraction of sp³-hybridized carbons (Fsp3) is 0.222. The molecule has 130 valence electrons. The predicted molar refractivity (Wildman–Crippen MR) is 92.4 cm³/mol. The molecule has 0 spiro atoms. The normalized spacial score (nSPS) is 19.2. The van der Waals surface area contributed by atoms with E-state index in [1.54, 1.807) is 36.4 Å². The maximum absolute atomic E-state index is 12.2. The largest absolute Gasteiger partial charge is 0.348 e. The molecule has 3 rings (SSSR count). The SMILES string of the molecule is NS(=O)(=O)c1ccc([C@@H]2C[C@H]2C(=O)NCC(=O)c2ccccc2)cc1. The maximum Gasteiger partial charge on any atom is 0.238 e.